The molecule has 0 bridgehead atoms. The molecule has 1 heteroatoms. The predicted molar refractivity (Wildman–Crippen MR) is 72.9 cm³/mol. The van der Waals surface area contributed by atoms with Gasteiger partial charge < -0.3 is 0 Å². The van der Waals surface area contributed by atoms with Crippen molar-refractivity contribution in [2.75, 3.05) is 7.05 Å². The van der Waals surface area contributed by atoms with Crippen LogP contribution < -0.4 is 0 Å². The standard InChI is InChI=1S/C15H21N/c1-5-15(2,3)14(16-4)12-11-13-9-7-6-8-10-13/h6-12H,5H2,1-4H3/b12-11+,16-14?. The first kappa shape index (κ1) is 12.7. The summed E-state index contributed by atoms with van der Waals surface area (Å²) in [5, 5.41) is 0. The zero-order valence-electron chi connectivity index (χ0n) is 10.7. The molecule has 0 aliphatic rings. The van der Waals surface area contributed by atoms with Crippen molar-refractivity contribution in [2.45, 2.75) is 27.2 Å². The summed E-state index contributed by atoms with van der Waals surface area (Å²) in [6.07, 6.45) is 5.34. The second-order valence-corrected chi connectivity index (χ2v) is 4.59. The molecule has 1 rings (SSSR count). The number of hydrogen-bond acceptors (Lipinski definition) is 1. The smallest absolute Gasteiger partial charge is 0.0401 e. The van der Waals surface area contributed by atoms with Gasteiger partial charge in [0.25, 0.3) is 0 Å². The molecule has 0 fully saturated rings. The van der Waals surface area contributed by atoms with E-state index in [1.807, 2.05) is 25.2 Å². The quantitative estimate of drug-likeness (QED) is 0.667. The van der Waals surface area contributed by atoms with Gasteiger partial charge in [-0.2, -0.15) is 0 Å². The lowest BCUT2D eigenvalue weighted by atomic mass is 9.84. The van der Waals surface area contributed by atoms with Crippen molar-refractivity contribution in [3.8, 4) is 0 Å². The van der Waals surface area contributed by atoms with Crippen LogP contribution in [-0.4, -0.2) is 12.8 Å². The van der Waals surface area contributed by atoms with Gasteiger partial charge in [0.15, 0.2) is 0 Å². The van der Waals surface area contributed by atoms with Crippen LogP contribution in [-0.2, 0) is 0 Å². The van der Waals surface area contributed by atoms with E-state index in [0.717, 1.165) is 12.1 Å². The lowest BCUT2D eigenvalue weighted by Crippen LogP contribution is -2.21. The third-order valence-corrected chi connectivity index (χ3v) is 3.05. The highest BCUT2D eigenvalue weighted by Gasteiger charge is 2.19. The molecule has 1 aromatic carbocycles. The molecule has 1 aromatic rings. The first-order valence-corrected chi connectivity index (χ1v) is 5.80. The summed E-state index contributed by atoms with van der Waals surface area (Å²) in [5.41, 5.74) is 2.52. The Morgan fingerprint density at radius 3 is 2.38 bits per heavy atom. The van der Waals surface area contributed by atoms with Crippen LogP contribution in [0.5, 0.6) is 0 Å². The van der Waals surface area contributed by atoms with Gasteiger partial charge in [-0.1, -0.05) is 57.2 Å². The van der Waals surface area contributed by atoms with Crippen molar-refractivity contribution >= 4 is 11.8 Å². The summed E-state index contributed by atoms with van der Waals surface area (Å²) in [6, 6.07) is 10.3. The Morgan fingerprint density at radius 2 is 1.88 bits per heavy atom. The third-order valence-electron chi connectivity index (χ3n) is 3.05. The minimum absolute atomic E-state index is 0.153. The van der Waals surface area contributed by atoms with Gasteiger partial charge >= 0.3 is 0 Å². The Kier molecular flexibility index (Phi) is 4.48. The highest BCUT2D eigenvalue weighted by Crippen LogP contribution is 2.23. The predicted octanol–water partition coefficient (Wildman–Crippen LogP) is 4.21. The molecule has 0 unspecified atom stereocenters. The van der Waals surface area contributed by atoms with Crippen LogP contribution in [0.2, 0.25) is 0 Å². The fourth-order valence-corrected chi connectivity index (χ4v) is 1.52. The molecular weight excluding hydrogens is 194 g/mol. The molecule has 0 saturated carbocycles. The zero-order valence-corrected chi connectivity index (χ0v) is 10.7. The monoisotopic (exact) mass is 215 g/mol. The summed E-state index contributed by atoms with van der Waals surface area (Å²) in [4.78, 5) is 4.38. The topological polar surface area (TPSA) is 12.4 Å². The van der Waals surface area contributed by atoms with Crippen molar-refractivity contribution < 1.29 is 0 Å². The fourth-order valence-electron chi connectivity index (χ4n) is 1.52. The molecule has 0 amide bonds. The second-order valence-electron chi connectivity index (χ2n) is 4.59. The van der Waals surface area contributed by atoms with Crippen LogP contribution in [0, 0.1) is 5.41 Å². The van der Waals surface area contributed by atoms with Crippen molar-refractivity contribution in [3.05, 3.63) is 42.0 Å². The maximum Gasteiger partial charge on any atom is 0.0401 e. The van der Waals surface area contributed by atoms with E-state index in [-0.39, 0.29) is 5.41 Å². The highest BCUT2D eigenvalue weighted by molar-refractivity contribution is 6.01. The maximum atomic E-state index is 4.38. The fraction of sp³-hybridized carbons (Fsp3) is 0.400. The second kappa shape index (κ2) is 5.64. The molecule has 0 aromatic heterocycles. The van der Waals surface area contributed by atoms with Crippen LogP contribution in [0.3, 0.4) is 0 Å². The summed E-state index contributed by atoms with van der Waals surface area (Å²) in [6.45, 7) is 6.65. The number of benzene rings is 1. The van der Waals surface area contributed by atoms with E-state index in [2.05, 4.69) is 50.0 Å². The number of hydrogen-bond donors (Lipinski definition) is 0. The highest BCUT2D eigenvalue weighted by atomic mass is 14.7. The van der Waals surface area contributed by atoms with E-state index in [1.165, 1.54) is 5.56 Å². The summed E-state index contributed by atoms with van der Waals surface area (Å²) in [5.74, 6) is 0. The summed E-state index contributed by atoms with van der Waals surface area (Å²) < 4.78 is 0. The van der Waals surface area contributed by atoms with Gasteiger partial charge in [0.05, 0.1) is 0 Å². The number of aliphatic imine (C=N–C) groups is 1. The van der Waals surface area contributed by atoms with Crippen LogP contribution in [0.25, 0.3) is 6.08 Å². The third kappa shape index (κ3) is 3.34. The van der Waals surface area contributed by atoms with Crippen LogP contribution in [0.1, 0.15) is 32.8 Å². The molecule has 16 heavy (non-hydrogen) atoms. The maximum absolute atomic E-state index is 4.38. The van der Waals surface area contributed by atoms with E-state index in [0.29, 0.717) is 0 Å². The SMILES string of the molecule is CCC(C)(C)C(/C=C/c1ccccc1)=NC. The van der Waals surface area contributed by atoms with Crippen LogP contribution in [0.4, 0.5) is 0 Å². The Hall–Kier alpha value is -1.37. The average Bonchev–Trinajstić information content (AvgIpc) is 2.31. The average molecular weight is 215 g/mol. The Bertz CT molecular complexity index is 372. The molecule has 0 aliphatic carbocycles. The Morgan fingerprint density at radius 1 is 1.25 bits per heavy atom. The lowest BCUT2D eigenvalue weighted by molar-refractivity contribution is 0.505. The molecule has 0 spiro atoms. The minimum atomic E-state index is 0.153. The molecule has 0 heterocycles. The Balaban J connectivity index is 2.84. The van der Waals surface area contributed by atoms with Gasteiger partial charge in [0.2, 0.25) is 0 Å². The molecular formula is C15H21N. The molecule has 0 radical (unpaired) electrons. The largest absolute Gasteiger partial charge is 0.293 e. The molecule has 0 atom stereocenters. The van der Waals surface area contributed by atoms with Gasteiger partial charge in [0, 0.05) is 18.2 Å². The van der Waals surface area contributed by atoms with Gasteiger partial charge in [-0.05, 0) is 18.1 Å². The van der Waals surface area contributed by atoms with Crippen molar-refractivity contribution in [3.63, 3.8) is 0 Å². The van der Waals surface area contributed by atoms with E-state index < -0.39 is 0 Å². The van der Waals surface area contributed by atoms with E-state index in [1.54, 1.807) is 0 Å². The van der Waals surface area contributed by atoms with Gasteiger partial charge in [-0.25, -0.2) is 0 Å². The first-order valence-electron chi connectivity index (χ1n) is 5.80. The van der Waals surface area contributed by atoms with Gasteiger partial charge in [-0.15, -0.1) is 0 Å². The minimum Gasteiger partial charge on any atom is -0.293 e. The first-order chi connectivity index (χ1) is 7.60. The normalized spacial score (nSPS) is 13.4. The molecule has 86 valence electrons. The van der Waals surface area contributed by atoms with Crippen molar-refractivity contribution in [1.82, 2.24) is 0 Å². The molecule has 0 aliphatic heterocycles. The Labute approximate surface area is 98.9 Å². The molecule has 0 saturated heterocycles. The van der Waals surface area contributed by atoms with E-state index >= 15 is 0 Å². The van der Waals surface area contributed by atoms with Crippen molar-refractivity contribution in [1.29, 1.82) is 0 Å². The van der Waals surface area contributed by atoms with Crippen molar-refractivity contribution in [2.24, 2.45) is 10.4 Å². The molecule has 1 nitrogen and oxygen atoms in total. The zero-order chi connectivity index (χ0) is 12.0. The van der Waals surface area contributed by atoms with Gasteiger partial charge in [-0.3, -0.25) is 4.99 Å². The van der Waals surface area contributed by atoms with E-state index in [4.69, 9.17) is 0 Å². The van der Waals surface area contributed by atoms with Crippen LogP contribution >= 0.6 is 0 Å². The summed E-state index contributed by atoms with van der Waals surface area (Å²) >= 11 is 0. The van der Waals surface area contributed by atoms with E-state index in [9.17, 15) is 0 Å². The number of nitrogens with zero attached hydrogens (tertiary/aromatic N) is 1. The number of allylic oxidation sites excluding steroid dienone is 1. The van der Waals surface area contributed by atoms with Gasteiger partial charge in [0.1, 0.15) is 0 Å². The number of rotatable bonds is 4. The molecule has 0 N–H and O–H groups in total. The lowest BCUT2D eigenvalue weighted by Gasteiger charge is -2.22. The van der Waals surface area contributed by atoms with Crippen LogP contribution in [0.15, 0.2) is 41.4 Å². The summed E-state index contributed by atoms with van der Waals surface area (Å²) in [7, 11) is 1.86.